The Morgan fingerprint density at radius 3 is 2.30 bits per heavy atom. The van der Waals surface area contributed by atoms with Crippen molar-refractivity contribution in [2.45, 2.75) is 6.18 Å². The highest BCUT2D eigenvalue weighted by Gasteiger charge is 2.34. The number of nitro benzene ring substituents is 1. The Morgan fingerprint density at radius 2 is 1.73 bits per heavy atom. The largest absolute Gasteiger partial charge is 0.465 e. The minimum Gasteiger partial charge on any atom is -0.465 e. The molecular formula is C18H16F3N3O5S. The van der Waals surface area contributed by atoms with Crippen molar-refractivity contribution < 1.29 is 32.4 Å². The van der Waals surface area contributed by atoms with E-state index >= 15 is 0 Å². The van der Waals surface area contributed by atoms with Crippen LogP contribution in [-0.4, -0.2) is 55.0 Å². The lowest BCUT2D eigenvalue weighted by Crippen LogP contribution is -2.48. The first-order chi connectivity index (χ1) is 14.1. The Morgan fingerprint density at radius 1 is 1.10 bits per heavy atom. The fourth-order valence-electron chi connectivity index (χ4n) is 3.08. The molecule has 0 unspecified atom stereocenters. The molecule has 160 valence electrons. The summed E-state index contributed by atoms with van der Waals surface area (Å²) < 4.78 is 43.2. The van der Waals surface area contributed by atoms with Crippen LogP contribution >= 0.6 is 11.3 Å². The molecule has 1 fully saturated rings. The van der Waals surface area contributed by atoms with Gasteiger partial charge in [-0.1, -0.05) is 0 Å². The van der Waals surface area contributed by atoms with Gasteiger partial charge in [0.2, 0.25) is 0 Å². The third kappa shape index (κ3) is 4.37. The molecule has 1 aliphatic heterocycles. The molecule has 0 spiro atoms. The predicted octanol–water partition coefficient (Wildman–Crippen LogP) is 3.42. The minimum absolute atomic E-state index is 0.0733. The number of methoxy groups -OCH3 is 1. The molecule has 0 radical (unpaired) electrons. The highest BCUT2D eigenvalue weighted by molar-refractivity contribution is 7.15. The third-order valence-corrected chi connectivity index (χ3v) is 5.66. The van der Waals surface area contributed by atoms with Gasteiger partial charge in [0.05, 0.1) is 22.5 Å². The van der Waals surface area contributed by atoms with Crippen molar-refractivity contribution in [1.82, 2.24) is 4.90 Å². The van der Waals surface area contributed by atoms with E-state index in [4.69, 9.17) is 0 Å². The second-order valence-electron chi connectivity index (χ2n) is 6.39. The zero-order valence-corrected chi connectivity index (χ0v) is 16.5. The number of carbonyl (C=O) groups excluding carboxylic acids is 2. The number of piperazine rings is 1. The molecular weight excluding hydrogens is 427 g/mol. The highest BCUT2D eigenvalue weighted by atomic mass is 32.1. The van der Waals surface area contributed by atoms with Gasteiger partial charge in [-0.15, -0.1) is 11.3 Å². The maximum absolute atomic E-state index is 12.9. The monoisotopic (exact) mass is 443 g/mol. The molecule has 12 heteroatoms. The SMILES string of the molecule is COC(=O)c1ccc(C(=O)N2CCN(c3ccc(C(F)(F)F)cc3[N+](=O)[O-])CC2)s1. The van der Waals surface area contributed by atoms with Crippen molar-refractivity contribution in [1.29, 1.82) is 0 Å². The molecule has 0 bridgehead atoms. The molecule has 0 saturated carbocycles. The fraction of sp³-hybridized carbons (Fsp3) is 0.333. The number of ether oxygens (including phenoxy) is 1. The van der Waals surface area contributed by atoms with E-state index in [2.05, 4.69) is 4.74 Å². The van der Waals surface area contributed by atoms with Gasteiger partial charge in [-0.2, -0.15) is 13.2 Å². The van der Waals surface area contributed by atoms with E-state index in [1.807, 2.05) is 0 Å². The number of anilines is 1. The molecule has 3 rings (SSSR count). The van der Waals surface area contributed by atoms with Gasteiger partial charge in [-0.05, 0) is 24.3 Å². The summed E-state index contributed by atoms with van der Waals surface area (Å²) in [5, 5.41) is 11.3. The molecule has 8 nitrogen and oxygen atoms in total. The molecule has 1 saturated heterocycles. The molecule has 1 aromatic heterocycles. The Bertz CT molecular complexity index is 984. The van der Waals surface area contributed by atoms with Crippen molar-refractivity contribution in [2.24, 2.45) is 0 Å². The zero-order chi connectivity index (χ0) is 22.1. The normalized spacial score (nSPS) is 14.5. The van der Waals surface area contributed by atoms with Gasteiger partial charge >= 0.3 is 12.1 Å². The van der Waals surface area contributed by atoms with Gasteiger partial charge in [0.15, 0.2) is 0 Å². The number of carbonyl (C=O) groups is 2. The molecule has 2 aromatic rings. The summed E-state index contributed by atoms with van der Waals surface area (Å²) in [6.07, 6.45) is -4.68. The van der Waals surface area contributed by atoms with E-state index in [1.54, 1.807) is 4.90 Å². The van der Waals surface area contributed by atoms with Crippen molar-refractivity contribution in [3.05, 3.63) is 55.8 Å². The van der Waals surface area contributed by atoms with Gasteiger partial charge in [-0.25, -0.2) is 4.79 Å². The number of thiophene rings is 1. The van der Waals surface area contributed by atoms with E-state index in [0.717, 1.165) is 23.5 Å². The number of hydrogen-bond donors (Lipinski definition) is 0. The number of amides is 1. The van der Waals surface area contributed by atoms with Crippen LogP contribution in [0.4, 0.5) is 24.5 Å². The van der Waals surface area contributed by atoms with Crippen molar-refractivity contribution in [2.75, 3.05) is 38.2 Å². The first kappa shape index (κ1) is 21.6. The second-order valence-corrected chi connectivity index (χ2v) is 7.48. The van der Waals surface area contributed by atoms with E-state index < -0.39 is 28.3 Å². The van der Waals surface area contributed by atoms with E-state index in [-0.39, 0.29) is 37.8 Å². The summed E-state index contributed by atoms with van der Waals surface area (Å²) in [4.78, 5) is 38.4. The first-order valence-electron chi connectivity index (χ1n) is 8.70. The number of nitrogens with zero attached hydrogens (tertiary/aromatic N) is 3. The third-order valence-electron chi connectivity index (χ3n) is 4.61. The summed E-state index contributed by atoms with van der Waals surface area (Å²) in [5.74, 6) is -0.838. The number of rotatable bonds is 4. The van der Waals surface area contributed by atoms with Crippen LogP contribution in [0, 0.1) is 10.1 Å². The topological polar surface area (TPSA) is 93.0 Å². The van der Waals surface area contributed by atoms with Crippen LogP contribution in [-0.2, 0) is 10.9 Å². The van der Waals surface area contributed by atoms with Crippen molar-refractivity contribution in [3.8, 4) is 0 Å². The number of esters is 1. The van der Waals surface area contributed by atoms with Crippen LogP contribution in [0.15, 0.2) is 30.3 Å². The minimum atomic E-state index is -4.68. The van der Waals surface area contributed by atoms with E-state index in [0.29, 0.717) is 15.8 Å². The lowest BCUT2D eigenvalue weighted by Gasteiger charge is -2.35. The molecule has 30 heavy (non-hydrogen) atoms. The van der Waals surface area contributed by atoms with Crippen LogP contribution in [0.5, 0.6) is 0 Å². The zero-order valence-electron chi connectivity index (χ0n) is 15.6. The summed E-state index contributed by atoms with van der Waals surface area (Å²) in [6.45, 7) is 0.880. The number of nitro groups is 1. The maximum Gasteiger partial charge on any atom is 0.416 e. The summed E-state index contributed by atoms with van der Waals surface area (Å²) in [7, 11) is 1.24. The van der Waals surface area contributed by atoms with Crippen LogP contribution in [0.2, 0.25) is 0 Å². The maximum atomic E-state index is 12.9. The van der Waals surface area contributed by atoms with Gasteiger partial charge in [0.25, 0.3) is 11.6 Å². The molecule has 0 aliphatic carbocycles. The summed E-state index contributed by atoms with van der Waals surface area (Å²) in [5.41, 5.74) is -1.65. The van der Waals surface area contributed by atoms with Gasteiger partial charge in [-0.3, -0.25) is 14.9 Å². The van der Waals surface area contributed by atoms with Crippen molar-refractivity contribution >= 4 is 34.6 Å². The molecule has 0 atom stereocenters. The fourth-order valence-corrected chi connectivity index (χ4v) is 3.97. The number of alkyl halides is 3. The van der Waals surface area contributed by atoms with Gasteiger partial charge in [0, 0.05) is 32.2 Å². The van der Waals surface area contributed by atoms with E-state index in [9.17, 15) is 32.9 Å². The van der Waals surface area contributed by atoms with Gasteiger partial charge < -0.3 is 14.5 Å². The average Bonchev–Trinajstić information content (AvgIpc) is 3.22. The quantitative estimate of drug-likeness (QED) is 0.408. The summed E-state index contributed by atoms with van der Waals surface area (Å²) >= 11 is 1.000. The second kappa shape index (κ2) is 8.30. The summed E-state index contributed by atoms with van der Waals surface area (Å²) in [6, 6.07) is 5.42. The van der Waals surface area contributed by atoms with Crippen molar-refractivity contribution in [3.63, 3.8) is 0 Å². The number of hydrogen-bond acceptors (Lipinski definition) is 7. The Balaban J connectivity index is 1.72. The molecule has 1 aromatic carbocycles. The lowest BCUT2D eigenvalue weighted by molar-refractivity contribution is -0.384. The average molecular weight is 443 g/mol. The van der Waals surface area contributed by atoms with Crippen LogP contribution in [0.3, 0.4) is 0 Å². The predicted molar refractivity (Wildman–Crippen MR) is 102 cm³/mol. The Kier molecular flexibility index (Phi) is 5.97. The highest BCUT2D eigenvalue weighted by Crippen LogP contribution is 2.36. The molecule has 2 heterocycles. The van der Waals surface area contributed by atoms with Crippen LogP contribution in [0.1, 0.15) is 24.9 Å². The molecule has 1 amide bonds. The number of halogens is 3. The van der Waals surface area contributed by atoms with Crippen LogP contribution in [0.25, 0.3) is 0 Å². The number of benzene rings is 1. The first-order valence-corrected chi connectivity index (χ1v) is 9.51. The standard InChI is InChI=1S/C18H16F3N3O5S/c1-29-17(26)15-5-4-14(30-15)16(25)23-8-6-22(7-9-23)12-3-2-11(18(19,20)21)10-13(12)24(27)28/h2-5,10H,6-9H2,1H3. The molecule has 0 N–H and O–H groups in total. The smallest absolute Gasteiger partial charge is 0.416 e. The molecule has 1 aliphatic rings. The Labute approximate surface area is 172 Å². The van der Waals surface area contributed by atoms with Gasteiger partial charge in [0.1, 0.15) is 10.6 Å². The van der Waals surface area contributed by atoms with Crippen LogP contribution < -0.4 is 4.90 Å². The van der Waals surface area contributed by atoms with E-state index in [1.165, 1.54) is 24.1 Å². The Hall–Kier alpha value is -3.15. The lowest BCUT2D eigenvalue weighted by atomic mass is 10.1.